The maximum absolute atomic E-state index is 12.3. The van der Waals surface area contributed by atoms with Crippen LogP contribution >= 0.6 is 27.7 Å². The summed E-state index contributed by atoms with van der Waals surface area (Å²) in [5.41, 5.74) is 0.745. The number of hydrogen-bond donors (Lipinski definition) is 1. The van der Waals surface area contributed by atoms with Gasteiger partial charge in [0.05, 0.1) is 18.4 Å². The SMILES string of the molecule is CSC1CCC(Nc2cnn(CCN(C)C)c(=O)c2Br)C1. The average Bonchev–Trinajstić information content (AvgIpc) is 2.90. The van der Waals surface area contributed by atoms with Gasteiger partial charge in [-0.25, -0.2) is 4.68 Å². The lowest BCUT2D eigenvalue weighted by Crippen LogP contribution is -2.30. The summed E-state index contributed by atoms with van der Waals surface area (Å²) >= 11 is 5.35. The van der Waals surface area contributed by atoms with Crippen molar-refractivity contribution < 1.29 is 0 Å². The van der Waals surface area contributed by atoms with Crippen LogP contribution in [0, 0.1) is 0 Å². The maximum Gasteiger partial charge on any atom is 0.283 e. The molecule has 2 atom stereocenters. The molecule has 0 bridgehead atoms. The van der Waals surface area contributed by atoms with E-state index in [0.717, 1.165) is 30.3 Å². The first-order valence-corrected chi connectivity index (χ1v) is 9.29. The van der Waals surface area contributed by atoms with Crippen LogP contribution in [0.4, 0.5) is 5.69 Å². The number of rotatable bonds is 6. The van der Waals surface area contributed by atoms with E-state index < -0.39 is 0 Å². The summed E-state index contributed by atoms with van der Waals surface area (Å²) in [6.45, 7) is 1.40. The maximum atomic E-state index is 12.3. The van der Waals surface area contributed by atoms with Gasteiger partial charge in [-0.2, -0.15) is 16.9 Å². The van der Waals surface area contributed by atoms with Gasteiger partial charge in [0.25, 0.3) is 5.56 Å². The molecule has 1 aromatic rings. The van der Waals surface area contributed by atoms with Crippen LogP contribution in [0.15, 0.2) is 15.5 Å². The first-order valence-electron chi connectivity index (χ1n) is 7.21. The lowest BCUT2D eigenvalue weighted by Gasteiger charge is -2.16. The smallest absolute Gasteiger partial charge is 0.283 e. The number of anilines is 1. The van der Waals surface area contributed by atoms with Gasteiger partial charge in [-0.05, 0) is 55.5 Å². The largest absolute Gasteiger partial charge is 0.380 e. The van der Waals surface area contributed by atoms with E-state index in [2.05, 4.69) is 32.6 Å². The molecule has 7 heteroatoms. The predicted molar refractivity (Wildman–Crippen MR) is 93.3 cm³/mol. The van der Waals surface area contributed by atoms with Crippen LogP contribution in [0.25, 0.3) is 0 Å². The van der Waals surface area contributed by atoms with Crippen molar-refractivity contribution >= 4 is 33.4 Å². The van der Waals surface area contributed by atoms with E-state index in [-0.39, 0.29) is 5.56 Å². The average molecular weight is 375 g/mol. The van der Waals surface area contributed by atoms with Gasteiger partial charge in [0.15, 0.2) is 0 Å². The van der Waals surface area contributed by atoms with Gasteiger partial charge in [-0.15, -0.1) is 0 Å². The summed E-state index contributed by atoms with van der Waals surface area (Å²) in [5.74, 6) is 0. The third kappa shape index (κ3) is 4.47. The molecule has 1 fully saturated rings. The van der Waals surface area contributed by atoms with Gasteiger partial charge in [0.2, 0.25) is 0 Å². The molecule has 118 valence electrons. The van der Waals surface area contributed by atoms with E-state index in [1.54, 1.807) is 6.20 Å². The lowest BCUT2D eigenvalue weighted by molar-refractivity contribution is 0.367. The zero-order valence-electron chi connectivity index (χ0n) is 12.8. The number of nitrogens with one attached hydrogen (secondary N) is 1. The summed E-state index contributed by atoms with van der Waals surface area (Å²) in [5, 5.41) is 8.46. The first kappa shape index (κ1) is 16.8. The fourth-order valence-electron chi connectivity index (χ4n) is 2.52. The normalized spacial score (nSPS) is 22.0. The van der Waals surface area contributed by atoms with Crippen molar-refractivity contribution in [1.82, 2.24) is 14.7 Å². The number of halogens is 1. The van der Waals surface area contributed by atoms with Gasteiger partial charge in [0, 0.05) is 17.8 Å². The number of likely N-dealkylation sites (N-methyl/N-ethyl adjacent to an activating group) is 1. The van der Waals surface area contributed by atoms with Crippen molar-refractivity contribution in [2.45, 2.75) is 37.1 Å². The van der Waals surface area contributed by atoms with Crippen LogP contribution < -0.4 is 10.9 Å². The molecule has 0 saturated heterocycles. The lowest BCUT2D eigenvalue weighted by atomic mass is 10.2. The second kappa shape index (κ2) is 7.65. The Labute approximate surface area is 138 Å². The monoisotopic (exact) mass is 374 g/mol. The molecule has 2 unspecified atom stereocenters. The zero-order chi connectivity index (χ0) is 15.4. The Morgan fingerprint density at radius 3 is 2.90 bits per heavy atom. The van der Waals surface area contributed by atoms with E-state index in [4.69, 9.17) is 0 Å². The molecule has 5 nitrogen and oxygen atoms in total. The minimum absolute atomic E-state index is 0.0683. The summed E-state index contributed by atoms with van der Waals surface area (Å²) in [6.07, 6.45) is 7.47. The first-order chi connectivity index (χ1) is 10.0. The van der Waals surface area contributed by atoms with E-state index in [0.29, 0.717) is 17.1 Å². The van der Waals surface area contributed by atoms with E-state index >= 15 is 0 Å². The van der Waals surface area contributed by atoms with Crippen LogP contribution in [0.1, 0.15) is 19.3 Å². The molecule has 0 aliphatic heterocycles. The quantitative estimate of drug-likeness (QED) is 0.827. The summed E-state index contributed by atoms with van der Waals surface area (Å²) in [7, 11) is 3.97. The molecule has 0 aromatic carbocycles. The van der Waals surface area contributed by atoms with Crippen molar-refractivity contribution in [3.63, 3.8) is 0 Å². The molecule has 1 heterocycles. The molecule has 21 heavy (non-hydrogen) atoms. The molecule has 0 radical (unpaired) electrons. The minimum atomic E-state index is -0.0683. The Morgan fingerprint density at radius 2 is 2.29 bits per heavy atom. The van der Waals surface area contributed by atoms with Gasteiger partial charge in [-0.3, -0.25) is 4.79 Å². The number of nitrogens with zero attached hydrogens (tertiary/aromatic N) is 3. The fraction of sp³-hybridized carbons (Fsp3) is 0.714. The van der Waals surface area contributed by atoms with Gasteiger partial charge < -0.3 is 10.2 Å². The molecule has 1 aliphatic rings. The molecule has 1 N–H and O–H groups in total. The molecule has 0 spiro atoms. The molecule has 0 amide bonds. The topological polar surface area (TPSA) is 50.2 Å². The standard InChI is InChI=1S/C14H23BrN4OS/c1-18(2)6-7-19-14(20)13(15)12(9-16-19)17-10-4-5-11(8-10)21-3/h9-11,17H,4-8H2,1-3H3. The van der Waals surface area contributed by atoms with Gasteiger partial charge >= 0.3 is 0 Å². The van der Waals surface area contributed by atoms with Crippen LogP contribution in [-0.4, -0.2) is 52.9 Å². The van der Waals surface area contributed by atoms with Crippen molar-refractivity contribution in [3.05, 3.63) is 21.0 Å². The number of hydrogen-bond acceptors (Lipinski definition) is 5. The molecule has 1 saturated carbocycles. The Hall–Kier alpha value is -0.530. The van der Waals surface area contributed by atoms with Crippen LogP contribution in [0.5, 0.6) is 0 Å². The Kier molecular flexibility index (Phi) is 6.13. The van der Waals surface area contributed by atoms with Crippen molar-refractivity contribution in [2.24, 2.45) is 0 Å². The molecule has 2 rings (SSSR count). The third-order valence-electron chi connectivity index (χ3n) is 3.82. The summed E-state index contributed by atoms with van der Waals surface area (Å²) < 4.78 is 2.10. The molecular formula is C14H23BrN4OS. The van der Waals surface area contributed by atoms with Crippen LogP contribution in [-0.2, 0) is 6.54 Å². The summed E-state index contributed by atoms with van der Waals surface area (Å²) in [4.78, 5) is 14.3. The number of thioether (sulfide) groups is 1. The fourth-order valence-corrected chi connectivity index (χ4v) is 3.74. The molecular weight excluding hydrogens is 352 g/mol. The Balaban J connectivity index is 2.05. The second-order valence-corrected chi connectivity index (χ2v) is 7.65. The zero-order valence-corrected chi connectivity index (χ0v) is 15.2. The van der Waals surface area contributed by atoms with Crippen molar-refractivity contribution in [2.75, 3.05) is 32.2 Å². The van der Waals surface area contributed by atoms with Crippen molar-refractivity contribution in [3.8, 4) is 0 Å². The van der Waals surface area contributed by atoms with Gasteiger partial charge in [0.1, 0.15) is 4.47 Å². The van der Waals surface area contributed by atoms with Crippen molar-refractivity contribution in [1.29, 1.82) is 0 Å². The molecule has 1 aromatic heterocycles. The van der Waals surface area contributed by atoms with E-state index in [9.17, 15) is 4.79 Å². The number of aromatic nitrogens is 2. The van der Waals surface area contributed by atoms with Crippen LogP contribution in [0.2, 0.25) is 0 Å². The van der Waals surface area contributed by atoms with E-state index in [1.165, 1.54) is 11.1 Å². The Bertz CT molecular complexity index is 534. The predicted octanol–water partition coefficient (Wildman–Crippen LogP) is 2.26. The third-order valence-corrected chi connectivity index (χ3v) is 5.68. The van der Waals surface area contributed by atoms with Gasteiger partial charge in [-0.1, -0.05) is 0 Å². The minimum Gasteiger partial charge on any atom is -0.380 e. The highest BCUT2D eigenvalue weighted by atomic mass is 79.9. The Morgan fingerprint density at radius 1 is 1.52 bits per heavy atom. The van der Waals surface area contributed by atoms with Crippen LogP contribution in [0.3, 0.4) is 0 Å². The highest BCUT2D eigenvalue weighted by molar-refractivity contribution is 9.10. The molecule has 1 aliphatic carbocycles. The van der Waals surface area contributed by atoms with E-state index in [1.807, 2.05) is 30.8 Å². The highest BCUT2D eigenvalue weighted by Crippen LogP contribution is 2.31. The second-order valence-electron chi connectivity index (χ2n) is 5.72. The summed E-state index contributed by atoms with van der Waals surface area (Å²) in [6, 6.07) is 0.442. The highest BCUT2D eigenvalue weighted by Gasteiger charge is 2.24.